The van der Waals surface area contributed by atoms with Gasteiger partial charge < -0.3 is 9.05 Å². The van der Waals surface area contributed by atoms with E-state index in [2.05, 4.69) is 0 Å². The van der Waals surface area contributed by atoms with E-state index in [1.54, 1.807) is 13.8 Å². The molecule has 0 N–H and O–H groups in total. The van der Waals surface area contributed by atoms with Crippen LogP contribution in [0, 0.1) is 0 Å². The maximum atomic E-state index is 13.9. The quantitative estimate of drug-likeness (QED) is 0.638. The second-order valence-corrected chi connectivity index (χ2v) is 6.35. The molecule has 3 nitrogen and oxygen atoms in total. The van der Waals surface area contributed by atoms with Gasteiger partial charge in [-0.2, -0.15) is 0 Å². The molecule has 0 radical (unpaired) electrons. The van der Waals surface area contributed by atoms with E-state index < -0.39 is 13.8 Å². The Morgan fingerprint density at radius 2 is 1.74 bits per heavy atom. The van der Waals surface area contributed by atoms with Gasteiger partial charge in [0, 0.05) is 0 Å². The predicted molar refractivity (Wildman–Crippen MR) is 75.4 cm³/mol. The third-order valence-corrected chi connectivity index (χ3v) is 4.81. The van der Waals surface area contributed by atoms with Crippen molar-refractivity contribution >= 4 is 7.60 Å². The van der Waals surface area contributed by atoms with Gasteiger partial charge in [0.25, 0.3) is 0 Å². The Balaban J connectivity index is 2.44. The first kappa shape index (κ1) is 16.4. The first-order chi connectivity index (χ1) is 9.09. The number of rotatable bonds is 9. The lowest BCUT2D eigenvalue weighted by atomic mass is 10.1. The van der Waals surface area contributed by atoms with Gasteiger partial charge in [-0.3, -0.25) is 4.57 Å². The van der Waals surface area contributed by atoms with Crippen LogP contribution in [-0.4, -0.2) is 25.5 Å². The Kier molecular flexibility index (Phi) is 7.29. The van der Waals surface area contributed by atoms with E-state index >= 15 is 0 Å². The summed E-state index contributed by atoms with van der Waals surface area (Å²) in [5, 5.41) is 0. The molecule has 1 rings (SSSR count). The molecule has 0 aliphatic rings. The highest BCUT2D eigenvalue weighted by Gasteiger charge is 2.28. The molecule has 0 saturated carbocycles. The SMILES string of the molecule is CCOP(=O)(CC(F)CCc1ccccc1)OCC. The van der Waals surface area contributed by atoms with E-state index in [1.807, 2.05) is 30.3 Å². The third kappa shape index (κ3) is 6.33. The van der Waals surface area contributed by atoms with Crippen molar-refractivity contribution in [2.75, 3.05) is 19.4 Å². The van der Waals surface area contributed by atoms with Crippen LogP contribution in [0.25, 0.3) is 0 Å². The summed E-state index contributed by atoms with van der Waals surface area (Å²) in [6.45, 7) is 3.98. The summed E-state index contributed by atoms with van der Waals surface area (Å²) < 4.78 is 36.2. The molecule has 0 aliphatic carbocycles. The van der Waals surface area contributed by atoms with Crippen molar-refractivity contribution in [1.82, 2.24) is 0 Å². The number of hydrogen-bond donors (Lipinski definition) is 0. The summed E-state index contributed by atoms with van der Waals surface area (Å²) in [6, 6.07) is 9.69. The lowest BCUT2D eigenvalue weighted by Gasteiger charge is -2.18. The maximum absolute atomic E-state index is 13.9. The molecule has 19 heavy (non-hydrogen) atoms. The first-order valence-corrected chi connectivity index (χ1v) is 8.38. The van der Waals surface area contributed by atoms with Gasteiger partial charge in [-0.25, -0.2) is 4.39 Å². The smallest absolute Gasteiger partial charge is 0.309 e. The van der Waals surface area contributed by atoms with Gasteiger partial charge >= 0.3 is 7.60 Å². The Bertz CT molecular complexity index is 387. The minimum absolute atomic E-state index is 0.165. The van der Waals surface area contributed by atoms with E-state index in [-0.39, 0.29) is 19.4 Å². The number of benzene rings is 1. The van der Waals surface area contributed by atoms with Gasteiger partial charge in [-0.15, -0.1) is 0 Å². The van der Waals surface area contributed by atoms with Crippen LogP contribution in [0.15, 0.2) is 30.3 Å². The zero-order valence-electron chi connectivity index (χ0n) is 11.5. The summed E-state index contributed by atoms with van der Waals surface area (Å²) in [5.41, 5.74) is 1.08. The molecule has 0 heterocycles. The molecular formula is C14H22FO3P. The highest BCUT2D eigenvalue weighted by Crippen LogP contribution is 2.49. The third-order valence-electron chi connectivity index (χ3n) is 2.66. The van der Waals surface area contributed by atoms with Gasteiger partial charge in [-0.05, 0) is 32.3 Å². The van der Waals surface area contributed by atoms with Crippen LogP contribution >= 0.6 is 7.60 Å². The normalized spacial score (nSPS) is 13.4. The van der Waals surface area contributed by atoms with Crippen LogP contribution in [0.3, 0.4) is 0 Å². The Labute approximate surface area is 114 Å². The van der Waals surface area contributed by atoms with Crippen molar-refractivity contribution < 1.29 is 18.0 Å². The van der Waals surface area contributed by atoms with Crippen molar-refractivity contribution in [3.8, 4) is 0 Å². The average molecular weight is 288 g/mol. The van der Waals surface area contributed by atoms with E-state index in [9.17, 15) is 8.96 Å². The van der Waals surface area contributed by atoms with Crippen LogP contribution in [0.2, 0.25) is 0 Å². The Hall–Kier alpha value is -0.700. The highest BCUT2D eigenvalue weighted by molar-refractivity contribution is 7.53. The molecule has 0 aliphatic heterocycles. The Morgan fingerprint density at radius 1 is 1.16 bits per heavy atom. The van der Waals surface area contributed by atoms with Gasteiger partial charge in [0.2, 0.25) is 0 Å². The number of alkyl halides is 1. The van der Waals surface area contributed by atoms with E-state index in [0.717, 1.165) is 5.56 Å². The zero-order valence-corrected chi connectivity index (χ0v) is 12.4. The fourth-order valence-electron chi connectivity index (χ4n) is 1.84. The summed E-state index contributed by atoms with van der Waals surface area (Å²) in [5.74, 6) is 0. The molecule has 108 valence electrons. The average Bonchev–Trinajstić information content (AvgIpc) is 2.38. The van der Waals surface area contributed by atoms with Crippen molar-refractivity contribution in [2.24, 2.45) is 0 Å². The van der Waals surface area contributed by atoms with Crippen molar-refractivity contribution in [3.63, 3.8) is 0 Å². The lowest BCUT2D eigenvalue weighted by Crippen LogP contribution is -2.12. The standard InChI is InChI=1S/C14H22FO3P/c1-3-17-19(16,18-4-2)12-14(15)11-10-13-8-6-5-7-9-13/h5-9,14H,3-4,10-12H2,1-2H3. The van der Waals surface area contributed by atoms with E-state index in [0.29, 0.717) is 12.8 Å². The summed E-state index contributed by atoms with van der Waals surface area (Å²) in [7, 11) is -3.27. The minimum atomic E-state index is -3.27. The fourth-order valence-corrected chi connectivity index (χ4v) is 3.58. The molecule has 0 spiro atoms. The van der Waals surface area contributed by atoms with Crippen molar-refractivity contribution in [2.45, 2.75) is 32.9 Å². The number of hydrogen-bond acceptors (Lipinski definition) is 3. The maximum Gasteiger partial charge on any atom is 0.333 e. The lowest BCUT2D eigenvalue weighted by molar-refractivity contribution is 0.208. The molecule has 1 unspecified atom stereocenters. The fraction of sp³-hybridized carbons (Fsp3) is 0.571. The molecule has 0 fully saturated rings. The molecule has 5 heteroatoms. The summed E-state index contributed by atoms with van der Waals surface area (Å²) >= 11 is 0. The second kappa shape index (κ2) is 8.47. The molecule has 0 amide bonds. The molecule has 0 aromatic heterocycles. The van der Waals surface area contributed by atoms with Gasteiger partial charge in [0.1, 0.15) is 6.17 Å². The van der Waals surface area contributed by atoms with Gasteiger partial charge in [0.15, 0.2) is 0 Å². The van der Waals surface area contributed by atoms with Crippen LogP contribution in [0.1, 0.15) is 25.8 Å². The van der Waals surface area contributed by atoms with Crippen molar-refractivity contribution in [3.05, 3.63) is 35.9 Å². The molecule has 1 aromatic carbocycles. The van der Waals surface area contributed by atoms with Crippen LogP contribution in [0.5, 0.6) is 0 Å². The Morgan fingerprint density at radius 3 is 2.26 bits per heavy atom. The van der Waals surface area contributed by atoms with E-state index in [4.69, 9.17) is 9.05 Å². The summed E-state index contributed by atoms with van der Waals surface area (Å²) in [6.07, 6.45) is -0.389. The highest BCUT2D eigenvalue weighted by atomic mass is 31.2. The van der Waals surface area contributed by atoms with Crippen molar-refractivity contribution in [1.29, 1.82) is 0 Å². The number of halogens is 1. The van der Waals surface area contributed by atoms with Gasteiger partial charge in [0.05, 0.1) is 19.4 Å². The molecule has 1 atom stereocenters. The number of aryl methyl sites for hydroxylation is 1. The van der Waals surface area contributed by atoms with E-state index in [1.165, 1.54) is 0 Å². The second-order valence-electron chi connectivity index (χ2n) is 4.25. The zero-order chi connectivity index (χ0) is 14.1. The summed E-state index contributed by atoms with van der Waals surface area (Å²) in [4.78, 5) is 0. The van der Waals surface area contributed by atoms with Gasteiger partial charge in [-0.1, -0.05) is 30.3 Å². The molecule has 0 saturated heterocycles. The largest absolute Gasteiger partial charge is 0.333 e. The first-order valence-electron chi connectivity index (χ1n) is 6.65. The molecule has 1 aromatic rings. The van der Waals surface area contributed by atoms with Crippen LogP contribution in [0.4, 0.5) is 4.39 Å². The monoisotopic (exact) mass is 288 g/mol. The minimum Gasteiger partial charge on any atom is -0.309 e. The molecular weight excluding hydrogens is 266 g/mol. The topological polar surface area (TPSA) is 35.5 Å². The molecule has 0 bridgehead atoms. The predicted octanol–water partition coefficient (Wildman–Crippen LogP) is 4.22. The van der Waals surface area contributed by atoms with Crippen LogP contribution in [-0.2, 0) is 20.0 Å². The van der Waals surface area contributed by atoms with Crippen LogP contribution < -0.4 is 0 Å².